The van der Waals surface area contributed by atoms with Gasteiger partial charge >= 0.3 is 0 Å². The second-order valence-electron chi connectivity index (χ2n) is 2.43. The van der Waals surface area contributed by atoms with E-state index in [0.717, 1.165) is 0 Å². The normalized spacial score (nSPS) is 10.3. The molecule has 4 heteroatoms. The minimum atomic E-state index is -0.574. The second-order valence-corrected chi connectivity index (χ2v) is 3.33. The van der Waals surface area contributed by atoms with Crippen LogP contribution in [0.15, 0.2) is 29.8 Å². The predicted octanol–water partition coefficient (Wildman–Crippen LogP) is 3.09. The summed E-state index contributed by atoms with van der Waals surface area (Å²) in [7, 11) is 0. The monoisotopic (exact) mass is 197 g/mol. The molecule has 66 valence electrons. The van der Waals surface area contributed by atoms with Crippen LogP contribution in [0, 0.1) is 11.6 Å². The molecular formula is C9H5F2NS. The Labute approximate surface area is 77.7 Å². The van der Waals surface area contributed by atoms with Gasteiger partial charge in [-0.05, 0) is 12.1 Å². The van der Waals surface area contributed by atoms with Crippen molar-refractivity contribution < 1.29 is 8.78 Å². The zero-order valence-electron chi connectivity index (χ0n) is 6.50. The number of benzene rings is 1. The first-order chi connectivity index (χ1) is 6.29. The van der Waals surface area contributed by atoms with E-state index in [1.165, 1.54) is 35.7 Å². The number of aromatic nitrogens is 1. The molecule has 0 spiro atoms. The Morgan fingerprint density at radius 1 is 1.15 bits per heavy atom. The molecule has 2 rings (SSSR count). The first-order valence-corrected chi connectivity index (χ1v) is 4.51. The van der Waals surface area contributed by atoms with Gasteiger partial charge in [0.1, 0.15) is 16.6 Å². The number of halogens is 2. The molecule has 0 bridgehead atoms. The Bertz CT molecular complexity index is 391. The largest absolute Gasteiger partial charge is 0.244 e. The SMILES string of the molecule is Fc1cccc(F)c1-c1nccs1. The Kier molecular flexibility index (Phi) is 2.06. The maximum atomic E-state index is 13.1. The Morgan fingerprint density at radius 3 is 2.38 bits per heavy atom. The van der Waals surface area contributed by atoms with Crippen LogP contribution in [0.4, 0.5) is 8.78 Å². The van der Waals surface area contributed by atoms with E-state index in [9.17, 15) is 8.78 Å². The zero-order chi connectivity index (χ0) is 9.26. The van der Waals surface area contributed by atoms with E-state index in [1.807, 2.05) is 0 Å². The first-order valence-electron chi connectivity index (χ1n) is 3.63. The first kappa shape index (κ1) is 8.31. The van der Waals surface area contributed by atoms with E-state index in [2.05, 4.69) is 4.98 Å². The molecular weight excluding hydrogens is 192 g/mol. The summed E-state index contributed by atoms with van der Waals surface area (Å²) in [5, 5.41) is 2.05. The minimum absolute atomic E-state index is 0.0440. The van der Waals surface area contributed by atoms with Crippen molar-refractivity contribution in [3.05, 3.63) is 41.4 Å². The second kappa shape index (κ2) is 3.22. The van der Waals surface area contributed by atoms with Crippen LogP contribution in [-0.2, 0) is 0 Å². The van der Waals surface area contributed by atoms with Crippen molar-refractivity contribution >= 4 is 11.3 Å². The number of nitrogens with zero attached hydrogens (tertiary/aromatic N) is 1. The van der Waals surface area contributed by atoms with Gasteiger partial charge in [0.05, 0.1) is 5.56 Å². The molecule has 0 atom stereocenters. The van der Waals surface area contributed by atoms with Crippen LogP contribution in [0.5, 0.6) is 0 Å². The van der Waals surface area contributed by atoms with Gasteiger partial charge in [-0.15, -0.1) is 11.3 Å². The number of thiazole rings is 1. The maximum Gasteiger partial charge on any atom is 0.136 e. The summed E-state index contributed by atoms with van der Waals surface area (Å²) < 4.78 is 26.3. The highest BCUT2D eigenvalue weighted by molar-refractivity contribution is 7.13. The van der Waals surface area contributed by atoms with Crippen LogP contribution in [-0.4, -0.2) is 4.98 Å². The number of hydrogen-bond donors (Lipinski definition) is 0. The molecule has 0 radical (unpaired) electrons. The number of hydrogen-bond acceptors (Lipinski definition) is 2. The van der Waals surface area contributed by atoms with Crippen molar-refractivity contribution in [2.45, 2.75) is 0 Å². The quantitative estimate of drug-likeness (QED) is 0.684. The maximum absolute atomic E-state index is 13.1. The lowest BCUT2D eigenvalue weighted by Crippen LogP contribution is -1.87. The lowest BCUT2D eigenvalue weighted by atomic mass is 10.2. The summed E-state index contributed by atoms with van der Waals surface area (Å²) in [4.78, 5) is 3.85. The standard InChI is InChI=1S/C9H5F2NS/c10-6-2-1-3-7(11)8(6)9-12-4-5-13-9/h1-5H. The van der Waals surface area contributed by atoms with Gasteiger partial charge in [0.15, 0.2) is 0 Å². The molecule has 0 aliphatic rings. The van der Waals surface area contributed by atoms with Crippen LogP contribution in [0.1, 0.15) is 0 Å². The molecule has 13 heavy (non-hydrogen) atoms. The van der Waals surface area contributed by atoms with Crippen LogP contribution in [0.3, 0.4) is 0 Å². The van der Waals surface area contributed by atoms with Crippen LogP contribution >= 0.6 is 11.3 Å². The Morgan fingerprint density at radius 2 is 1.85 bits per heavy atom. The molecule has 0 aliphatic heterocycles. The molecule has 1 heterocycles. The van der Waals surface area contributed by atoms with Gasteiger partial charge in [0, 0.05) is 11.6 Å². The van der Waals surface area contributed by atoms with Crippen molar-refractivity contribution in [2.24, 2.45) is 0 Å². The van der Waals surface area contributed by atoms with E-state index in [4.69, 9.17) is 0 Å². The summed E-state index contributed by atoms with van der Waals surface area (Å²) in [6.07, 6.45) is 1.52. The van der Waals surface area contributed by atoms with Gasteiger partial charge in [-0.2, -0.15) is 0 Å². The molecule has 0 N–H and O–H groups in total. The van der Waals surface area contributed by atoms with E-state index in [1.54, 1.807) is 5.38 Å². The summed E-state index contributed by atoms with van der Waals surface area (Å²) in [6, 6.07) is 3.78. The highest BCUT2D eigenvalue weighted by atomic mass is 32.1. The van der Waals surface area contributed by atoms with Gasteiger partial charge in [0.2, 0.25) is 0 Å². The van der Waals surface area contributed by atoms with Gasteiger partial charge in [0.25, 0.3) is 0 Å². The van der Waals surface area contributed by atoms with Gasteiger partial charge in [-0.25, -0.2) is 13.8 Å². The lowest BCUT2D eigenvalue weighted by Gasteiger charge is -1.99. The van der Waals surface area contributed by atoms with E-state index in [-0.39, 0.29) is 5.56 Å². The molecule has 0 fully saturated rings. The molecule has 0 aliphatic carbocycles. The third-order valence-corrected chi connectivity index (χ3v) is 2.40. The summed E-state index contributed by atoms with van der Waals surface area (Å²) in [5.74, 6) is -1.15. The van der Waals surface area contributed by atoms with E-state index >= 15 is 0 Å². The smallest absolute Gasteiger partial charge is 0.136 e. The van der Waals surface area contributed by atoms with Crippen molar-refractivity contribution in [1.82, 2.24) is 4.98 Å². The van der Waals surface area contributed by atoms with Crippen LogP contribution in [0.25, 0.3) is 10.6 Å². The van der Waals surface area contributed by atoms with Crippen LogP contribution in [0.2, 0.25) is 0 Å². The fraction of sp³-hybridized carbons (Fsp3) is 0. The molecule has 1 aromatic carbocycles. The molecule has 2 aromatic rings. The average molecular weight is 197 g/mol. The number of rotatable bonds is 1. The summed E-state index contributed by atoms with van der Waals surface area (Å²) in [6.45, 7) is 0. The van der Waals surface area contributed by atoms with Gasteiger partial charge in [-0.1, -0.05) is 6.07 Å². The van der Waals surface area contributed by atoms with Crippen molar-refractivity contribution in [3.63, 3.8) is 0 Å². The fourth-order valence-corrected chi connectivity index (χ4v) is 1.73. The summed E-state index contributed by atoms with van der Waals surface area (Å²) in [5.41, 5.74) is -0.0440. The molecule has 0 saturated carbocycles. The predicted molar refractivity (Wildman–Crippen MR) is 47.5 cm³/mol. The minimum Gasteiger partial charge on any atom is -0.244 e. The third-order valence-electron chi connectivity index (χ3n) is 1.61. The van der Waals surface area contributed by atoms with Crippen molar-refractivity contribution in [1.29, 1.82) is 0 Å². The zero-order valence-corrected chi connectivity index (χ0v) is 7.31. The molecule has 0 amide bonds. The van der Waals surface area contributed by atoms with E-state index < -0.39 is 11.6 Å². The Balaban J connectivity index is 2.64. The average Bonchev–Trinajstić information content (AvgIpc) is 2.57. The highest BCUT2D eigenvalue weighted by Gasteiger charge is 2.12. The topological polar surface area (TPSA) is 12.9 Å². The molecule has 1 nitrogen and oxygen atoms in total. The van der Waals surface area contributed by atoms with Crippen LogP contribution < -0.4 is 0 Å². The fourth-order valence-electron chi connectivity index (χ4n) is 1.05. The highest BCUT2D eigenvalue weighted by Crippen LogP contribution is 2.27. The molecule has 1 aromatic heterocycles. The van der Waals surface area contributed by atoms with Gasteiger partial charge < -0.3 is 0 Å². The molecule has 0 unspecified atom stereocenters. The molecule has 0 saturated heterocycles. The lowest BCUT2D eigenvalue weighted by molar-refractivity contribution is 0.589. The summed E-state index contributed by atoms with van der Waals surface area (Å²) >= 11 is 1.21. The van der Waals surface area contributed by atoms with Crippen molar-refractivity contribution in [3.8, 4) is 10.6 Å². The van der Waals surface area contributed by atoms with Gasteiger partial charge in [-0.3, -0.25) is 0 Å². The van der Waals surface area contributed by atoms with Crippen molar-refractivity contribution in [2.75, 3.05) is 0 Å². The Hall–Kier alpha value is -1.29. The van der Waals surface area contributed by atoms with E-state index in [0.29, 0.717) is 5.01 Å². The third kappa shape index (κ3) is 1.45.